The van der Waals surface area contributed by atoms with Crippen molar-refractivity contribution in [2.24, 2.45) is 5.73 Å². The van der Waals surface area contributed by atoms with E-state index in [4.69, 9.17) is 5.73 Å². The standard InChI is InChI=1S/C9H13N3O3/c10-8(14)6-3-4-12(6)9(15)5-1-2-7(13)11-5/h5-6H,1-4H2,(H2,10,14)(H,11,13)/t5-,6?/m0/s1. The molecule has 0 spiro atoms. The number of likely N-dealkylation sites (tertiary alicyclic amines) is 1. The highest BCUT2D eigenvalue weighted by Crippen LogP contribution is 2.20. The highest BCUT2D eigenvalue weighted by molar-refractivity contribution is 5.94. The third-order valence-corrected chi connectivity index (χ3v) is 2.92. The van der Waals surface area contributed by atoms with Gasteiger partial charge in [-0.2, -0.15) is 0 Å². The van der Waals surface area contributed by atoms with Crippen LogP contribution in [-0.2, 0) is 14.4 Å². The Kier molecular flexibility index (Phi) is 2.34. The smallest absolute Gasteiger partial charge is 0.245 e. The summed E-state index contributed by atoms with van der Waals surface area (Å²) in [5, 5.41) is 2.58. The fourth-order valence-electron chi connectivity index (χ4n) is 1.95. The molecule has 0 bridgehead atoms. The van der Waals surface area contributed by atoms with E-state index >= 15 is 0 Å². The summed E-state index contributed by atoms with van der Waals surface area (Å²) >= 11 is 0. The number of primary amides is 1. The van der Waals surface area contributed by atoms with Crippen molar-refractivity contribution in [3.05, 3.63) is 0 Å². The maximum Gasteiger partial charge on any atom is 0.245 e. The number of nitrogens with one attached hydrogen (secondary N) is 1. The van der Waals surface area contributed by atoms with Crippen LogP contribution in [0.4, 0.5) is 0 Å². The van der Waals surface area contributed by atoms with Crippen molar-refractivity contribution in [2.75, 3.05) is 6.54 Å². The van der Waals surface area contributed by atoms with Crippen LogP contribution in [0.5, 0.6) is 0 Å². The van der Waals surface area contributed by atoms with Gasteiger partial charge in [-0.25, -0.2) is 0 Å². The van der Waals surface area contributed by atoms with Gasteiger partial charge in [0.25, 0.3) is 0 Å². The van der Waals surface area contributed by atoms with Crippen LogP contribution in [0.2, 0.25) is 0 Å². The summed E-state index contributed by atoms with van der Waals surface area (Å²) in [5.74, 6) is -0.765. The van der Waals surface area contributed by atoms with Crippen LogP contribution in [0.15, 0.2) is 0 Å². The number of hydrogen-bond donors (Lipinski definition) is 2. The normalized spacial score (nSPS) is 29.6. The van der Waals surface area contributed by atoms with E-state index in [1.807, 2.05) is 0 Å². The summed E-state index contributed by atoms with van der Waals surface area (Å²) in [6.45, 7) is 0.554. The molecule has 6 heteroatoms. The van der Waals surface area contributed by atoms with E-state index in [0.717, 1.165) is 0 Å². The van der Waals surface area contributed by atoms with E-state index in [-0.39, 0.29) is 11.8 Å². The Morgan fingerprint density at radius 3 is 2.53 bits per heavy atom. The molecule has 2 heterocycles. The van der Waals surface area contributed by atoms with Crippen molar-refractivity contribution in [3.63, 3.8) is 0 Å². The Bertz CT molecular complexity index is 329. The molecule has 2 atom stereocenters. The van der Waals surface area contributed by atoms with Crippen molar-refractivity contribution in [1.29, 1.82) is 0 Å². The largest absolute Gasteiger partial charge is 0.368 e. The molecule has 2 rings (SSSR count). The van der Waals surface area contributed by atoms with Crippen molar-refractivity contribution < 1.29 is 14.4 Å². The number of nitrogens with zero attached hydrogens (tertiary/aromatic N) is 1. The topological polar surface area (TPSA) is 92.5 Å². The first-order chi connectivity index (χ1) is 7.09. The van der Waals surface area contributed by atoms with Crippen LogP contribution >= 0.6 is 0 Å². The predicted molar refractivity (Wildman–Crippen MR) is 50.5 cm³/mol. The molecule has 0 saturated carbocycles. The van der Waals surface area contributed by atoms with E-state index in [0.29, 0.717) is 25.8 Å². The number of hydrogen-bond acceptors (Lipinski definition) is 3. The van der Waals surface area contributed by atoms with Gasteiger partial charge in [-0.05, 0) is 12.8 Å². The minimum absolute atomic E-state index is 0.107. The molecule has 2 aliphatic heterocycles. The van der Waals surface area contributed by atoms with Gasteiger partial charge < -0.3 is 16.0 Å². The highest BCUT2D eigenvalue weighted by Gasteiger charge is 2.40. The molecule has 0 aliphatic carbocycles. The van der Waals surface area contributed by atoms with Gasteiger partial charge in [0.05, 0.1) is 0 Å². The SMILES string of the molecule is NC(=O)C1CCN1C(=O)[C@@H]1CCC(=O)N1. The molecule has 6 nitrogen and oxygen atoms in total. The molecule has 2 aliphatic rings. The zero-order valence-electron chi connectivity index (χ0n) is 8.23. The predicted octanol–water partition coefficient (Wildman–Crippen LogP) is -1.65. The van der Waals surface area contributed by atoms with Crippen molar-refractivity contribution in [1.82, 2.24) is 10.2 Å². The van der Waals surface area contributed by atoms with Gasteiger partial charge >= 0.3 is 0 Å². The number of rotatable bonds is 2. The molecule has 2 fully saturated rings. The molecule has 82 valence electrons. The fourth-order valence-corrected chi connectivity index (χ4v) is 1.95. The lowest BCUT2D eigenvalue weighted by Crippen LogP contribution is -2.60. The summed E-state index contributed by atoms with van der Waals surface area (Å²) in [6, 6.07) is -0.936. The summed E-state index contributed by atoms with van der Waals surface area (Å²) in [6.07, 6.45) is 1.52. The summed E-state index contributed by atoms with van der Waals surface area (Å²) < 4.78 is 0. The Morgan fingerprint density at radius 2 is 2.13 bits per heavy atom. The van der Waals surface area contributed by atoms with Gasteiger partial charge in [-0.15, -0.1) is 0 Å². The molecular formula is C9H13N3O3. The van der Waals surface area contributed by atoms with E-state index in [1.165, 1.54) is 4.90 Å². The number of amides is 3. The molecule has 3 N–H and O–H groups in total. The molecule has 0 radical (unpaired) electrons. The minimum atomic E-state index is -0.477. The fraction of sp³-hybridized carbons (Fsp3) is 0.667. The highest BCUT2D eigenvalue weighted by atomic mass is 16.2. The lowest BCUT2D eigenvalue weighted by molar-refractivity contribution is -0.147. The van der Waals surface area contributed by atoms with E-state index in [1.54, 1.807) is 0 Å². The third-order valence-electron chi connectivity index (χ3n) is 2.92. The Balaban J connectivity index is 1.97. The quantitative estimate of drug-likeness (QED) is 0.573. The van der Waals surface area contributed by atoms with Gasteiger partial charge in [0, 0.05) is 13.0 Å². The van der Waals surface area contributed by atoms with Crippen molar-refractivity contribution in [2.45, 2.75) is 31.3 Å². The molecule has 0 aromatic heterocycles. The molecule has 0 aromatic carbocycles. The lowest BCUT2D eigenvalue weighted by Gasteiger charge is -2.40. The van der Waals surface area contributed by atoms with Crippen LogP contribution in [0.25, 0.3) is 0 Å². The van der Waals surface area contributed by atoms with Crippen LogP contribution in [0.3, 0.4) is 0 Å². The number of nitrogens with two attached hydrogens (primary N) is 1. The number of carbonyl (C=O) groups excluding carboxylic acids is 3. The van der Waals surface area contributed by atoms with Crippen LogP contribution < -0.4 is 11.1 Å². The lowest BCUT2D eigenvalue weighted by atomic mass is 10.0. The average molecular weight is 211 g/mol. The van der Waals surface area contributed by atoms with Crippen LogP contribution in [0, 0.1) is 0 Å². The minimum Gasteiger partial charge on any atom is -0.368 e. The second-order valence-corrected chi connectivity index (χ2v) is 3.90. The molecule has 2 saturated heterocycles. The zero-order chi connectivity index (χ0) is 11.0. The van der Waals surface area contributed by atoms with Gasteiger partial charge in [-0.1, -0.05) is 0 Å². The van der Waals surface area contributed by atoms with E-state index in [9.17, 15) is 14.4 Å². The van der Waals surface area contributed by atoms with Crippen molar-refractivity contribution in [3.8, 4) is 0 Å². The van der Waals surface area contributed by atoms with Gasteiger partial charge in [0.2, 0.25) is 17.7 Å². The Labute approximate surface area is 86.8 Å². The first-order valence-corrected chi connectivity index (χ1v) is 4.99. The number of carbonyl (C=O) groups is 3. The average Bonchev–Trinajstić information content (AvgIpc) is 2.48. The van der Waals surface area contributed by atoms with Gasteiger partial charge in [0.1, 0.15) is 12.1 Å². The monoisotopic (exact) mass is 211 g/mol. The van der Waals surface area contributed by atoms with Crippen molar-refractivity contribution >= 4 is 17.7 Å². The first-order valence-electron chi connectivity index (χ1n) is 4.99. The van der Waals surface area contributed by atoms with Gasteiger partial charge in [0.15, 0.2) is 0 Å². The molecular weight excluding hydrogens is 198 g/mol. The maximum absolute atomic E-state index is 11.8. The third kappa shape index (κ3) is 1.67. The summed E-state index contributed by atoms with van der Waals surface area (Å²) in [5.41, 5.74) is 5.13. The second-order valence-electron chi connectivity index (χ2n) is 3.90. The van der Waals surface area contributed by atoms with E-state index in [2.05, 4.69) is 5.32 Å². The van der Waals surface area contributed by atoms with Gasteiger partial charge in [-0.3, -0.25) is 14.4 Å². The maximum atomic E-state index is 11.8. The molecule has 1 unspecified atom stereocenters. The van der Waals surface area contributed by atoms with Crippen LogP contribution in [0.1, 0.15) is 19.3 Å². The molecule has 3 amide bonds. The van der Waals surface area contributed by atoms with E-state index < -0.39 is 18.0 Å². The summed E-state index contributed by atoms with van der Waals surface area (Å²) in [4.78, 5) is 35.1. The summed E-state index contributed by atoms with van der Waals surface area (Å²) in [7, 11) is 0. The van der Waals surface area contributed by atoms with Crippen LogP contribution in [-0.4, -0.2) is 41.2 Å². The molecule has 0 aromatic rings. The Morgan fingerprint density at radius 1 is 1.40 bits per heavy atom. The zero-order valence-corrected chi connectivity index (χ0v) is 8.23. The first kappa shape index (κ1) is 9.95. The molecule has 15 heavy (non-hydrogen) atoms. The Hall–Kier alpha value is -1.59. The second kappa shape index (κ2) is 3.52.